The molecule has 0 aromatic carbocycles. The summed E-state index contributed by atoms with van der Waals surface area (Å²) < 4.78 is 3.09. The van der Waals surface area contributed by atoms with Crippen molar-refractivity contribution in [1.29, 1.82) is 0 Å². The molecule has 0 spiro atoms. The maximum atomic E-state index is 6.19. The molecule has 1 aliphatic rings. The summed E-state index contributed by atoms with van der Waals surface area (Å²) in [7, 11) is 0. The summed E-state index contributed by atoms with van der Waals surface area (Å²) in [5, 5.41) is 3.94. The van der Waals surface area contributed by atoms with Crippen molar-refractivity contribution in [2.24, 2.45) is 0 Å². The van der Waals surface area contributed by atoms with Gasteiger partial charge in [0.2, 0.25) is 0 Å². The molecule has 102 valence electrons. The van der Waals surface area contributed by atoms with Crippen LogP contribution in [-0.4, -0.2) is 47.0 Å². The molecular formula is C13H16BrClN4. The Kier molecular flexibility index (Phi) is 4.07. The van der Waals surface area contributed by atoms with Crippen LogP contribution in [0.15, 0.2) is 22.8 Å². The fourth-order valence-corrected chi connectivity index (χ4v) is 3.28. The molecule has 0 atom stereocenters. The van der Waals surface area contributed by atoms with Crippen molar-refractivity contribution < 1.29 is 0 Å². The van der Waals surface area contributed by atoms with Crippen molar-refractivity contribution in [3.8, 4) is 0 Å². The smallest absolute Gasteiger partial charge is 0.155 e. The van der Waals surface area contributed by atoms with E-state index < -0.39 is 0 Å². The highest BCUT2D eigenvalue weighted by atomic mass is 79.9. The molecule has 3 heterocycles. The van der Waals surface area contributed by atoms with Gasteiger partial charge in [0.05, 0.1) is 10.1 Å². The quantitative estimate of drug-likeness (QED) is 0.867. The predicted octanol–water partition coefficient (Wildman–Crippen LogP) is 2.20. The first kappa shape index (κ1) is 13.4. The standard InChI is InChI=1S/C13H16BrClN4/c14-11-3-1-2-10-13(15)17-12(19(10)11)4-7-18-8-5-16-6-9-18/h1-3,16H,4-9H2. The van der Waals surface area contributed by atoms with Crippen LogP contribution in [-0.2, 0) is 6.42 Å². The third-order valence-electron chi connectivity index (χ3n) is 3.50. The van der Waals surface area contributed by atoms with Crippen LogP contribution in [0.4, 0.5) is 0 Å². The fourth-order valence-electron chi connectivity index (χ4n) is 2.49. The van der Waals surface area contributed by atoms with E-state index in [4.69, 9.17) is 11.6 Å². The molecule has 2 aromatic rings. The van der Waals surface area contributed by atoms with Crippen LogP contribution in [0.3, 0.4) is 0 Å². The summed E-state index contributed by atoms with van der Waals surface area (Å²) >= 11 is 9.76. The van der Waals surface area contributed by atoms with Crippen LogP contribution in [0.2, 0.25) is 5.15 Å². The average Bonchev–Trinajstić information content (AvgIpc) is 2.76. The van der Waals surface area contributed by atoms with Gasteiger partial charge >= 0.3 is 0 Å². The molecule has 0 aliphatic carbocycles. The van der Waals surface area contributed by atoms with Crippen molar-refractivity contribution >= 4 is 33.0 Å². The number of pyridine rings is 1. The molecule has 0 radical (unpaired) electrons. The first-order valence-electron chi connectivity index (χ1n) is 6.50. The van der Waals surface area contributed by atoms with Gasteiger partial charge in [-0.05, 0) is 28.1 Å². The lowest BCUT2D eigenvalue weighted by molar-refractivity contribution is 0.242. The number of imidazole rings is 1. The zero-order valence-electron chi connectivity index (χ0n) is 10.6. The predicted molar refractivity (Wildman–Crippen MR) is 80.9 cm³/mol. The Hall–Kier alpha value is -0.620. The number of nitrogens with zero attached hydrogens (tertiary/aromatic N) is 3. The third kappa shape index (κ3) is 2.79. The second-order valence-electron chi connectivity index (χ2n) is 4.73. The summed E-state index contributed by atoms with van der Waals surface area (Å²) in [6.07, 6.45) is 0.913. The molecule has 6 heteroatoms. The minimum absolute atomic E-state index is 0.580. The van der Waals surface area contributed by atoms with Crippen LogP contribution in [0.25, 0.3) is 5.52 Å². The Morgan fingerprint density at radius 2 is 2.11 bits per heavy atom. The van der Waals surface area contributed by atoms with Gasteiger partial charge in [0, 0.05) is 39.1 Å². The van der Waals surface area contributed by atoms with E-state index in [9.17, 15) is 0 Å². The van der Waals surface area contributed by atoms with Gasteiger partial charge in [-0.2, -0.15) is 0 Å². The van der Waals surface area contributed by atoms with Crippen molar-refractivity contribution in [2.45, 2.75) is 6.42 Å². The molecule has 3 rings (SSSR count). The molecule has 19 heavy (non-hydrogen) atoms. The van der Waals surface area contributed by atoms with Crippen LogP contribution >= 0.6 is 27.5 Å². The summed E-state index contributed by atoms with van der Waals surface area (Å²) in [5.41, 5.74) is 0.964. The maximum Gasteiger partial charge on any atom is 0.155 e. The molecule has 2 aromatic heterocycles. The topological polar surface area (TPSA) is 32.6 Å². The molecule has 0 amide bonds. The molecular weight excluding hydrogens is 328 g/mol. The van der Waals surface area contributed by atoms with Crippen molar-refractivity contribution in [3.05, 3.63) is 33.8 Å². The van der Waals surface area contributed by atoms with Crippen molar-refractivity contribution in [2.75, 3.05) is 32.7 Å². The molecule has 1 N–H and O–H groups in total. The highest BCUT2D eigenvalue weighted by Crippen LogP contribution is 2.23. The number of hydrogen-bond donors (Lipinski definition) is 1. The highest BCUT2D eigenvalue weighted by molar-refractivity contribution is 9.10. The minimum Gasteiger partial charge on any atom is -0.314 e. The Labute approximate surface area is 125 Å². The van der Waals surface area contributed by atoms with Gasteiger partial charge in [0.25, 0.3) is 0 Å². The fraction of sp³-hybridized carbons (Fsp3) is 0.462. The highest BCUT2D eigenvalue weighted by Gasteiger charge is 2.14. The van der Waals surface area contributed by atoms with Gasteiger partial charge in [-0.1, -0.05) is 17.7 Å². The van der Waals surface area contributed by atoms with Gasteiger partial charge in [-0.15, -0.1) is 0 Å². The molecule has 0 bridgehead atoms. The lowest BCUT2D eigenvalue weighted by atomic mass is 10.3. The largest absolute Gasteiger partial charge is 0.314 e. The summed E-state index contributed by atoms with van der Waals surface area (Å²) in [6, 6.07) is 5.99. The number of rotatable bonds is 3. The van der Waals surface area contributed by atoms with Crippen LogP contribution in [0, 0.1) is 0 Å². The molecule has 1 saturated heterocycles. The lowest BCUT2D eigenvalue weighted by Gasteiger charge is -2.26. The number of fused-ring (bicyclic) bond motifs is 1. The van der Waals surface area contributed by atoms with E-state index in [1.807, 2.05) is 18.2 Å². The van der Waals surface area contributed by atoms with Gasteiger partial charge in [0.15, 0.2) is 5.15 Å². The van der Waals surface area contributed by atoms with Crippen LogP contribution in [0.5, 0.6) is 0 Å². The maximum absolute atomic E-state index is 6.19. The van der Waals surface area contributed by atoms with Crippen LogP contribution < -0.4 is 5.32 Å². The zero-order valence-corrected chi connectivity index (χ0v) is 12.9. The Morgan fingerprint density at radius 1 is 1.32 bits per heavy atom. The number of aromatic nitrogens is 2. The van der Waals surface area contributed by atoms with E-state index in [1.54, 1.807) is 0 Å². The summed E-state index contributed by atoms with van der Waals surface area (Å²) in [5.74, 6) is 1.02. The first-order chi connectivity index (χ1) is 9.25. The first-order valence-corrected chi connectivity index (χ1v) is 7.67. The van der Waals surface area contributed by atoms with Gasteiger partial charge < -0.3 is 10.2 Å². The number of piperazine rings is 1. The number of nitrogens with one attached hydrogen (secondary N) is 1. The normalized spacial score (nSPS) is 17.2. The second-order valence-corrected chi connectivity index (χ2v) is 5.90. The van der Waals surface area contributed by atoms with E-state index in [0.29, 0.717) is 5.15 Å². The number of halogens is 2. The Bertz CT molecular complexity index is 577. The van der Waals surface area contributed by atoms with E-state index in [-0.39, 0.29) is 0 Å². The third-order valence-corrected chi connectivity index (χ3v) is 4.40. The monoisotopic (exact) mass is 342 g/mol. The summed E-state index contributed by atoms with van der Waals surface area (Å²) in [6.45, 7) is 5.40. The van der Waals surface area contributed by atoms with Crippen molar-refractivity contribution in [1.82, 2.24) is 19.6 Å². The summed E-state index contributed by atoms with van der Waals surface area (Å²) in [4.78, 5) is 6.95. The van der Waals surface area contributed by atoms with E-state index in [2.05, 4.69) is 35.5 Å². The van der Waals surface area contributed by atoms with Gasteiger partial charge in [-0.3, -0.25) is 4.40 Å². The van der Waals surface area contributed by atoms with E-state index in [1.165, 1.54) is 0 Å². The zero-order chi connectivity index (χ0) is 13.2. The van der Waals surface area contributed by atoms with E-state index in [0.717, 1.165) is 55.1 Å². The second kappa shape index (κ2) is 5.79. The average molecular weight is 344 g/mol. The van der Waals surface area contributed by atoms with Gasteiger partial charge in [-0.25, -0.2) is 4.98 Å². The minimum atomic E-state index is 0.580. The van der Waals surface area contributed by atoms with Crippen molar-refractivity contribution in [3.63, 3.8) is 0 Å². The molecule has 4 nitrogen and oxygen atoms in total. The van der Waals surface area contributed by atoms with Crippen LogP contribution in [0.1, 0.15) is 5.82 Å². The Morgan fingerprint density at radius 3 is 2.89 bits per heavy atom. The molecule has 1 aliphatic heterocycles. The van der Waals surface area contributed by atoms with Gasteiger partial charge in [0.1, 0.15) is 5.82 Å². The molecule has 0 saturated carbocycles. The Balaban J connectivity index is 1.80. The SMILES string of the molecule is Clc1nc(CCN2CCNCC2)n2c(Br)cccc12. The molecule has 1 fully saturated rings. The number of hydrogen-bond acceptors (Lipinski definition) is 3. The molecule has 0 unspecified atom stereocenters. The van der Waals surface area contributed by atoms with E-state index >= 15 is 0 Å². The lowest BCUT2D eigenvalue weighted by Crippen LogP contribution is -2.44.